The van der Waals surface area contributed by atoms with Gasteiger partial charge in [0.1, 0.15) is 11.5 Å². The van der Waals surface area contributed by atoms with Crippen LogP contribution in [-0.2, 0) is 12.0 Å². The Bertz CT molecular complexity index is 1100. The van der Waals surface area contributed by atoms with Crippen molar-refractivity contribution in [3.8, 4) is 11.3 Å². The molecule has 0 radical (unpaired) electrons. The van der Waals surface area contributed by atoms with Crippen molar-refractivity contribution in [1.29, 1.82) is 0 Å². The molecule has 2 heterocycles. The zero-order chi connectivity index (χ0) is 21.7. The van der Waals surface area contributed by atoms with Gasteiger partial charge in [-0.1, -0.05) is 39.0 Å². The molecule has 0 amide bonds. The third-order valence-corrected chi connectivity index (χ3v) is 4.34. The second kappa shape index (κ2) is 8.77. The molecular formula is C22H24FN7. The maximum atomic E-state index is 14.1. The van der Waals surface area contributed by atoms with E-state index in [1.165, 1.54) is 12.3 Å². The SMILES string of the molecule is CC(C)(C)c1cccc(CN=C/C(=N\N)c2cc(-c3ccccc3F)nc(N)n2)n1. The largest absolute Gasteiger partial charge is 0.368 e. The summed E-state index contributed by atoms with van der Waals surface area (Å²) in [6, 6.07) is 13.7. The third kappa shape index (κ3) is 5.02. The van der Waals surface area contributed by atoms with Gasteiger partial charge in [-0.3, -0.25) is 9.98 Å². The maximum Gasteiger partial charge on any atom is 0.221 e. The van der Waals surface area contributed by atoms with Crippen molar-refractivity contribution in [2.75, 3.05) is 5.73 Å². The van der Waals surface area contributed by atoms with Crippen molar-refractivity contribution >= 4 is 17.9 Å². The normalized spacial score (nSPS) is 12.5. The number of nitrogens with zero attached hydrogens (tertiary/aromatic N) is 5. The van der Waals surface area contributed by atoms with Crippen LogP contribution in [0.1, 0.15) is 37.9 Å². The first-order valence-electron chi connectivity index (χ1n) is 9.42. The number of aromatic nitrogens is 3. The number of hydrazone groups is 1. The second-order valence-corrected chi connectivity index (χ2v) is 7.72. The number of hydrogen-bond acceptors (Lipinski definition) is 7. The van der Waals surface area contributed by atoms with Gasteiger partial charge in [0.05, 0.1) is 29.8 Å². The lowest BCUT2D eigenvalue weighted by Crippen LogP contribution is -2.14. The van der Waals surface area contributed by atoms with Gasteiger partial charge in [0.15, 0.2) is 0 Å². The summed E-state index contributed by atoms with van der Waals surface area (Å²) in [7, 11) is 0. The fourth-order valence-corrected chi connectivity index (χ4v) is 2.78. The molecule has 0 aliphatic carbocycles. The summed E-state index contributed by atoms with van der Waals surface area (Å²) in [6.45, 7) is 6.67. The van der Waals surface area contributed by atoms with Crippen LogP contribution in [0.5, 0.6) is 0 Å². The Labute approximate surface area is 174 Å². The molecule has 8 heteroatoms. The van der Waals surface area contributed by atoms with Crippen LogP contribution in [0.15, 0.2) is 58.6 Å². The Kier molecular flexibility index (Phi) is 6.15. The highest BCUT2D eigenvalue weighted by Crippen LogP contribution is 2.22. The zero-order valence-corrected chi connectivity index (χ0v) is 17.2. The first-order chi connectivity index (χ1) is 14.3. The van der Waals surface area contributed by atoms with E-state index in [0.29, 0.717) is 29.2 Å². The Morgan fingerprint density at radius 2 is 1.83 bits per heavy atom. The van der Waals surface area contributed by atoms with Crippen molar-refractivity contribution in [2.24, 2.45) is 15.9 Å². The van der Waals surface area contributed by atoms with Gasteiger partial charge in [0.25, 0.3) is 0 Å². The maximum absolute atomic E-state index is 14.1. The van der Waals surface area contributed by atoms with Crippen LogP contribution in [0.2, 0.25) is 0 Å². The smallest absolute Gasteiger partial charge is 0.221 e. The summed E-state index contributed by atoms with van der Waals surface area (Å²) in [5.74, 6) is 5.12. The van der Waals surface area contributed by atoms with Gasteiger partial charge in [0.2, 0.25) is 5.95 Å². The molecule has 1 aromatic carbocycles. The molecule has 0 spiro atoms. The topological polar surface area (TPSA) is 115 Å². The molecule has 0 atom stereocenters. The number of nitrogens with two attached hydrogens (primary N) is 2. The zero-order valence-electron chi connectivity index (χ0n) is 17.2. The van der Waals surface area contributed by atoms with Crippen molar-refractivity contribution < 1.29 is 4.39 Å². The predicted octanol–water partition coefficient (Wildman–Crippen LogP) is 3.49. The van der Waals surface area contributed by atoms with E-state index in [0.717, 1.165) is 11.4 Å². The number of benzene rings is 1. The number of pyridine rings is 1. The van der Waals surface area contributed by atoms with Gasteiger partial charge >= 0.3 is 0 Å². The molecule has 3 aromatic rings. The van der Waals surface area contributed by atoms with E-state index in [-0.39, 0.29) is 11.4 Å². The number of anilines is 1. The molecule has 3 rings (SSSR count). The van der Waals surface area contributed by atoms with Gasteiger partial charge in [-0.05, 0) is 30.3 Å². The third-order valence-electron chi connectivity index (χ3n) is 4.34. The summed E-state index contributed by atoms with van der Waals surface area (Å²) in [5, 5.41) is 3.75. The molecule has 2 aromatic heterocycles. The van der Waals surface area contributed by atoms with E-state index >= 15 is 0 Å². The molecule has 0 aliphatic heterocycles. The first kappa shape index (κ1) is 21.0. The summed E-state index contributed by atoms with van der Waals surface area (Å²) in [5.41, 5.74) is 8.88. The Morgan fingerprint density at radius 1 is 1.07 bits per heavy atom. The fraction of sp³-hybridized carbons (Fsp3) is 0.227. The summed E-state index contributed by atoms with van der Waals surface area (Å²) >= 11 is 0. The minimum absolute atomic E-state index is 0.0140. The van der Waals surface area contributed by atoms with Crippen LogP contribution in [-0.4, -0.2) is 26.9 Å². The van der Waals surface area contributed by atoms with E-state index in [1.807, 2.05) is 18.2 Å². The molecular weight excluding hydrogens is 381 g/mol. The lowest BCUT2D eigenvalue weighted by Gasteiger charge is -2.17. The Balaban J connectivity index is 1.84. The molecule has 4 N–H and O–H groups in total. The first-order valence-corrected chi connectivity index (χ1v) is 9.42. The van der Waals surface area contributed by atoms with E-state index in [2.05, 4.69) is 45.8 Å². The highest BCUT2D eigenvalue weighted by molar-refractivity contribution is 6.37. The van der Waals surface area contributed by atoms with Crippen molar-refractivity contribution in [1.82, 2.24) is 15.0 Å². The number of hydrogen-bond donors (Lipinski definition) is 2. The Hall–Kier alpha value is -3.68. The van der Waals surface area contributed by atoms with Gasteiger partial charge in [0, 0.05) is 16.7 Å². The molecule has 0 unspecified atom stereocenters. The van der Waals surface area contributed by atoms with Crippen molar-refractivity contribution in [2.45, 2.75) is 32.7 Å². The minimum Gasteiger partial charge on any atom is -0.368 e. The molecule has 0 bridgehead atoms. The van der Waals surface area contributed by atoms with Crippen LogP contribution in [0.4, 0.5) is 10.3 Å². The number of nitrogen functional groups attached to an aromatic ring is 1. The average molecular weight is 405 g/mol. The van der Waals surface area contributed by atoms with Crippen LogP contribution < -0.4 is 11.6 Å². The Morgan fingerprint density at radius 3 is 2.53 bits per heavy atom. The highest BCUT2D eigenvalue weighted by Gasteiger charge is 2.15. The lowest BCUT2D eigenvalue weighted by atomic mass is 9.91. The van der Waals surface area contributed by atoms with Crippen LogP contribution in [0, 0.1) is 5.82 Å². The highest BCUT2D eigenvalue weighted by atomic mass is 19.1. The number of rotatable bonds is 5. The summed E-state index contributed by atoms with van der Waals surface area (Å²) in [6.07, 6.45) is 1.50. The quantitative estimate of drug-likeness (QED) is 0.383. The second-order valence-electron chi connectivity index (χ2n) is 7.72. The lowest BCUT2D eigenvalue weighted by molar-refractivity contribution is 0.565. The van der Waals surface area contributed by atoms with E-state index in [1.54, 1.807) is 24.3 Å². The van der Waals surface area contributed by atoms with Crippen molar-refractivity contribution in [3.63, 3.8) is 0 Å². The monoisotopic (exact) mass is 405 g/mol. The predicted molar refractivity (Wildman–Crippen MR) is 118 cm³/mol. The van der Waals surface area contributed by atoms with Crippen LogP contribution in [0.25, 0.3) is 11.3 Å². The fourth-order valence-electron chi connectivity index (χ4n) is 2.78. The molecule has 30 heavy (non-hydrogen) atoms. The summed E-state index contributed by atoms with van der Waals surface area (Å²) < 4.78 is 14.1. The van der Waals surface area contributed by atoms with Crippen LogP contribution in [0.3, 0.4) is 0 Å². The number of halogens is 1. The minimum atomic E-state index is -0.411. The van der Waals surface area contributed by atoms with E-state index < -0.39 is 5.82 Å². The summed E-state index contributed by atoms with van der Waals surface area (Å²) in [4.78, 5) is 17.3. The molecule has 0 saturated heterocycles. The molecule has 7 nitrogen and oxygen atoms in total. The molecule has 154 valence electrons. The van der Waals surface area contributed by atoms with Gasteiger partial charge in [-0.25, -0.2) is 14.4 Å². The van der Waals surface area contributed by atoms with Crippen LogP contribution >= 0.6 is 0 Å². The molecule has 0 saturated carbocycles. The van der Waals surface area contributed by atoms with Gasteiger partial charge in [-0.2, -0.15) is 5.10 Å². The van der Waals surface area contributed by atoms with Crippen molar-refractivity contribution in [3.05, 3.63) is 71.4 Å². The van der Waals surface area contributed by atoms with Gasteiger partial charge in [-0.15, -0.1) is 0 Å². The standard InChI is InChI=1S/C22H24FN7/c1-22(2,3)20-10-6-7-14(27-20)12-26-13-19(30-25)18-11-17(28-21(24)29-18)15-8-4-5-9-16(15)23/h4-11,13H,12,25H2,1-3H3,(H2,24,28,29)/b26-13?,30-19+. The average Bonchev–Trinajstić information content (AvgIpc) is 2.70. The van der Waals surface area contributed by atoms with E-state index in [4.69, 9.17) is 11.6 Å². The van der Waals surface area contributed by atoms with Gasteiger partial charge < -0.3 is 11.6 Å². The van der Waals surface area contributed by atoms with E-state index in [9.17, 15) is 4.39 Å². The molecule has 0 fully saturated rings. The molecule has 0 aliphatic rings. The number of aliphatic imine (C=N–C) groups is 1.